The molecule has 0 amide bonds. The Morgan fingerprint density at radius 2 is 1.71 bits per heavy atom. The van der Waals surface area contributed by atoms with Crippen LogP contribution in [0.4, 0.5) is 0 Å². The van der Waals surface area contributed by atoms with Gasteiger partial charge in [0.2, 0.25) is 0 Å². The summed E-state index contributed by atoms with van der Waals surface area (Å²) in [5.41, 5.74) is 0. The van der Waals surface area contributed by atoms with Crippen molar-refractivity contribution in [1.29, 1.82) is 0 Å². The molecule has 0 N–H and O–H groups in total. The summed E-state index contributed by atoms with van der Waals surface area (Å²) >= 11 is 5.96. The molecule has 0 aromatic carbocycles. The summed E-state index contributed by atoms with van der Waals surface area (Å²) in [6.45, 7) is 7.42. The maximum absolute atomic E-state index is 11.5. The highest BCUT2D eigenvalue weighted by molar-refractivity contribution is 7.91. The van der Waals surface area contributed by atoms with Gasteiger partial charge in [0.15, 0.2) is 9.84 Å². The summed E-state index contributed by atoms with van der Waals surface area (Å²) in [5, 5.41) is -0.215. The molecule has 2 atom stereocenters. The number of hydrogen-bond donors (Lipinski definition) is 0. The van der Waals surface area contributed by atoms with Crippen LogP contribution in [0.5, 0.6) is 0 Å². The van der Waals surface area contributed by atoms with E-state index in [4.69, 9.17) is 11.6 Å². The smallest absolute Gasteiger partial charge is 0.152 e. The molecule has 14 heavy (non-hydrogen) atoms. The number of hydrogen-bond acceptors (Lipinski definition) is 2. The van der Waals surface area contributed by atoms with Crippen LogP contribution < -0.4 is 0 Å². The van der Waals surface area contributed by atoms with Gasteiger partial charge in [-0.15, -0.1) is 11.6 Å². The van der Waals surface area contributed by atoms with Crippen LogP contribution in [0.3, 0.4) is 0 Å². The second-order valence-corrected chi connectivity index (χ2v) is 7.42. The van der Waals surface area contributed by atoms with Crippen LogP contribution in [-0.2, 0) is 9.84 Å². The Hall–Kier alpha value is 0.240. The van der Waals surface area contributed by atoms with Crippen LogP contribution in [0.2, 0.25) is 0 Å². The lowest BCUT2D eigenvalue weighted by Crippen LogP contribution is -2.22. The monoisotopic (exact) mass is 240 g/mol. The van der Waals surface area contributed by atoms with Crippen LogP contribution in [0.1, 0.15) is 40.5 Å². The van der Waals surface area contributed by atoms with Gasteiger partial charge in [0.25, 0.3) is 0 Å². The molecule has 0 spiro atoms. The molecule has 0 heterocycles. The van der Waals surface area contributed by atoms with Crippen molar-refractivity contribution in [3.8, 4) is 0 Å². The van der Waals surface area contributed by atoms with Crippen molar-refractivity contribution in [3.63, 3.8) is 0 Å². The van der Waals surface area contributed by atoms with Gasteiger partial charge in [0.1, 0.15) is 0 Å². The second kappa shape index (κ2) is 5.96. The summed E-state index contributed by atoms with van der Waals surface area (Å²) in [7, 11) is -2.90. The maximum Gasteiger partial charge on any atom is 0.152 e. The lowest BCUT2D eigenvalue weighted by molar-refractivity contribution is 0.479. The second-order valence-electron chi connectivity index (χ2n) is 4.05. The van der Waals surface area contributed by atoms with Crippen molar-refractivity contribution in [2.45, 2.75) is 51.2 Å². The number of halogens is 1. The Morgan fingerprint density at radius 1 is 1.21 bits per heavy atom. The van der Waals surface area contributed by atoms with Gasteiger partial charge in [-0.2, -0.15) is 0 Å². The van der Waals surface area contributed by atoms with Crippen molar-refractivity contribution in [3.05, 3.63) is 0 Å². The van der Waals surface area contributed by atoms with Crippen LogP contribution >= 0.6 is 11.6 Å². The predicted molar refractivity (Wildman–Crippen MR) is 62.6 cm³/mol. The van der Waals surface area contributed by atoms with Crippen molar-refractivity contribution in [2.24, 2.45) is 5.92 Å². The Morgan fingerprint density at radius 3 is 2.00 bits per heavy atom. The molecular formula is C10H21ClO2S. The molecule has 0 aliphatic carbocycles. The maximum atomic E-state index is 11.5. The molecule has 0 aromatic rings. The van der Waals surface area contributed by atoms with E-state index in [1.807, 2.05) is 13.8 Å². The highest BCUT2D eigenvalue weighted by atomic mass is 35.5. The zero-order chi connectivity index (χ0) is 11.4. The molecule has 86 valence electrons. The van der Waals surface area contributed by atoms with E-state index in [1.54, 1.807) is 13.8 Å². The van der Waals surface area contributed by atoms with Crippen LogP contribution in [0.25, 0.3) is 0 Å². The van der Waals surface area contributed by atoms with Gasteiger partial charge in [-0.05, 0) is 33.1 Å². The minimum absolute atomic E-state index is 0.0577. The van der Waals surface area contributed by atoms with E-state index in [0.717, 1.165) is 6.42 Å². The largest absolute Gasteiger partial charge is 0.229 e. The Kier molecular flexibility index (Phi) is 6.06. The van der Waals surface area contributed by atoms with E-state index in [0.29, 0.717) is 12.3 Å². The minimum atomic E-state index is -2.90. The normalized spacial score (nSPS) is 17.0. The molecule has 0 radical (unpaired) electrons. The van der Waals surface area contributed by atoms with E-state index in [9.17, 15) is 8.42 Å². The zero-order valence-corrected chi connectivity index (χ0v) is 11.0. The number of alkyl halides is 1. The van der Waals surface area contributed by atoms with Gasteiger partial charge in [0, 0.05) is 5.38 Å². The first-order chi connectivity index (χ1) is 6.31. The first-order valence-electron chi connectivity index (χ1n) is 5.16. The van der Waals surface area contributed by atoms with Crippen LogP contribution in [0.15, 0.2) is 0 Å². The molecule has 4 heteroatoms. The Balaban J connectivity index is 4.17. The van der Waals surface area contributed by atoms with Crippen molar-refractivity contribution >= 4 is 21.4 Å². The third-order valence-electron chi connectivity index (χ3n) is 2.67. The van der Waals surface area contributed by atoms with Crippen molar-refractivity contribution < 1.29 is 8.42 Å². The average molecular weight is 241 g/mol. The van der Waals surface area contributed by atoms with Gasteiger partial charge < -0.3 is 0 Å². The lowest BCUT2D eigenvalue weighted by atomic mass is 10.0. The zero-order valence-electron chi connectivity index (χ0n) is 9.46. The van der Waals surface area contributed by atoms with E-state index < -0.39 is 9.84 Å². The molecule has 2 nitrogen and oxygen atoms in total. The molecule has 2 unspecified atom stereocenters. The molecular weight excluding hydrogens is 220 g/mol. The quantitative estimate of drug-likeness (QED) is 0.669. The summed E-state index contributed by atoms with van der Waals surface area (Å²) in [5.74, 6) is 0.574. The van der Waals surface area contributed by atoms with Gasteiger partial charge in [-0.3, -0.25) is 0 Å². The first-order valence-corrected chi connectivity index (χ1v) is 7.32. The number of sulfone groups is 1. The minimum Gasteiger partial charge on any atom is -0.229 e. The van der Waals surface area contributed by atoms with Crippen LogP contribution in [0, 0.1) is 5.92 Å². The molecule has 0 rings (SSSR count). The highest BCUT2D eigenvalue weighted by Crippen LogP contribution is 2.19. The standard InChI is InChI=1S/C10H21ClO2S/c1-5-10(9(4)11)6-7-14(12,13)8(2)3/h8-10H,5-7H2,1-4H3. The first kappa shape index (κ1) is 14.2. The third kappa shape index (κ3) is 4.65. The van der Waals surface area contributed by atoms with E-state index >= 15 is 0 Å². The summed E-state index contributed by atoms with van der Waals surface area (Å²) in [6, 6.07) is 0. The van der Waals surface area contributed by atoms with Gasteiger partial charge in [0.05, 0.1) is 11.0 Å². The van der Waals surface area contributed by atoms with E-state index in [2.05, 4.69) is 0 Å². The number of rotatable bonds is 6. The topological polar surface area (TPSA) is 34.1 Å². The summed E-state index contributed by atoms with van der Waals surface area (Å²) < 4.78 is 23.1. The highest BCUT2D eigenvalue weighted by Gasteiger charge is 2.20. The van der Waals surface area contributed by atoms with Crippen LogP contribution in [-0.4, -0.2) is 24.8 Å². The van der Waals surface area contributed by atoms with Crippen molar-refractivity contribution in [2.75, 3.05) is 5.75 Å². The third-order valence-corrected chi connectivity index (χ3v) is 5.26. The summed E-state index contributed by atoms with van der Waals surface area (Å²) in [6.07, 6.45) is 1.62. The molecule has 0 aliphatic heterocycles. The fourth-order valence-corrected chi connectivity index (χ4v) is 2.72. The van der Waals surface area contributed by atoms with Crippen molar-refractivity contribution in [1.82, 2.24) is 0 Å². The van der Waals surface area contributed by atoms with Gasteiger partial charge in [-0.25, -0.2) is 8.42 Å². The Labute approximate surface area is 93.0 Å². The Bertz CT molecular complexity index is 245. The van der Waals surface area contributed by atoms with Gasteiger partial charge >= 0.3 is 0 Å². The molecule has 0 aromatic heterocycles. The molecule has 0 fully saturated rings. The molecule has 0 saturated carbocycles. The summed E-state index contributed by atoms with van der Waals surface area (Å²) in [4.78, 5) is 0. The molecule has 0 saturated heterocycles. The van der Waals surface area contributed by atoms with E-state index in [1.165, 1.54) is 0 Å². The SMILES string of the molecule is CCC(CCS(=O)(=O)C(C)C)C(C)Cl. The van der Waals surface area contributed by atoms with Gasteiger partial charge in [-0.1, -0.05) is 13.3 Å². The molecule has 0 bridgehead atoms. The average Bonchev–Trinajstić information content (AvgIpc) is 2.04. The fraction of sp³-hybridized carbons (Fsp3) is 1.00. The molecule has 0 aliphatic rings. The fourth-order valence-electron chi connectivity index (χ4n) is 1.31. The predicted octanol–water partition coefficient (Wildman–Crippen LogP) is 2.85. The van der Waals surface area contributed by atoms with E-state index in [-0.39, 0.29) is 16.4 Å². The lowest BCUT2D eigenvalue weighted by Gasteiger charge is -2.17.